The molecule has 3 rings (SSSR count). The molecule has 2 aliphatic heterocycles. The van der Waals surface area contributed by atoms with E-state index in [2.05, 4.69) is 29.5 Å². The molecular weight excluding hydrogens is 386 g/mol. The van der Waals surface area contributed by atoms with Gasteiger partial charge in [-0.25, -0.2) is 9.10 Å². The van der Waals surface area contributed by atoms with Gasteiger partial charge in [0.05, 0.1) is 0 Å². The van der Waals surface area contributed by atoms with Gasteiger partial charge in [-0.1, -0.05) is 19.9 Å². The Hall–Kier alpha value is -1.73. The van der Waals surface area contributed by atoms with Gasteiger partial charge in [0.1, 0.15) is 5.60 Å². The number of benzene rings is 1. The van der Waals surface area contributed by atoms with E-state index in [1.54, 1.807) is 11.9 Å². The molecule has 6 nitrogen and oxygen atoms in total. The average molecular weight is 420 g/mol. The summed E-state index contributed by atoms with van der Waals surface area (Å²) in [7, 11) is 0. The lowest BCUT2D eigenvalue weighted by molar-refractivity contribution is 0.0231. The zero-order valence-corrected chi connectivity index (χ0v) is 19.0. The van der Waals surface area contributed by atoms with Gasteiger partial charge in [-0.3, -0.25) is 4.79 Å². The zero-order chi connectivity index (χ0) is 21.2. The fourth-order valence-electron chi connectivity index (χ4n) is 3.78. The maximum absolute atomic E-state index is 12.7. The van der Waals surface area contributed by atoms with Crippen LogP contribution in [0.5, 0.6) is 0 Å². The van der Waals surface area contributed by atoms with Crippen LogP contribution in [0.4, 0.5) is 4.79 Å². The van der Waals surface area contributed by atoms with Crippen molar-refractivity contribution in [3.63, 3.8) is 0 Å². The Labute approximate surface area is 178 Å². The van der Waals surface area contributed by atoms with Crippen LogP contribution in [0.3, 0.4) is 0 Å². The Balaban J connectivity index is 1.79. The van der Waals surface area contributed by atoms with Gasteiger partial charge in [0.15, 0.2) is 0 Å². The highest BCUT2D eigenvalue weighted by molar-refractivity contribution is 7.97. The van der Waals surface area contributed by atoms with Gasteiger partial charge in [0.25, 0.3) is 5.91 Å². The van der Waals surface area contributed by atoms with E-state index in [9.17, 15) is 9.59 Å². The fourth-order valence-corrected chi connectivity index (χ4v) is 5.16. The van der Waals surface area contributed by atoms with Crippen LogP contribution < -0.4 is 5.32 Å². The average Bonchev–Trinajstić information content (AvgIpc) is 2.84. The topological polar surface area (TPSA) is 61.9 Å². The molecule has 1 unspecified atom stereocenters. The molecule has 2 amide bonds. The molecule has 0 bridgehead atoms. The van der Waals surface area contributed by atoms with Crippen LogP contribution in [0.15, 0.2) is 23.1 Å². The second-order valence-corrected chi connectivity index (χ2v) is 10.2. The maximum atomic E-state index is 12.7. The molecule has 0 saturated carbocycles. The first-order valence-corrected chi connectivity index (χ1v) is 11.3. The summed E-state index contributed by atoms with van der Waals surface area (Å²) in [5, 5.41) is 2.92. The molecule has 0 aliphatic carbocycles. The van der Waals surface area contributed by atoms with Crippen molar-refractivity contribution in [3.8, 4) is 0 Å². The number of hydrogen-bond acceptors (Lipinski definition) is 5. The number of nitrogens with one attached hydrogen (secondary N) is 1. The molecule has 1 aromatic carbocycles. The van der Waals surface area contributed by atoms with Gasteiger partial charge in [0.2, 0.25) is 0 Å². The van der Waals surface area contributed by atoms with E-state index in [1.165, 1.54) is 0 Å². The van der Waals surface area contributed by atoms with E-state index >= 15 is 0 Å². The molecule has 2 heterocycles. The first-order chi connectivity index (χ1) is 13.7. The Morgan fingerprint density at radius 2 is 2.03 bits per heavy atom. The van der Waals surface area contributed by atoms with Crippen molar-refractivity contribution >= 4 is 23.9 Å². The van der Waals surface area contributed by atoms with Crippen LogP contribution in [-0.4, -0.2) is 59.0 Å². The minimum Gasteiger partial charge on any atom is -0.444 e. The number of amides is 2. The normalized spacial score (nSPS) is 20.8. The van der Waals surface area contributed by atoms with Gasteiger partial charge < -0.3 is 15.0 Å². The van der Waals surface area contributed by atoms with E-state index in [0.717, 1.165) is 35.4 Å². The predicted molar refractivity (Wildman–Crippen MR) is 116 cm³/mol. The van der Waals surface area contributed by atoms with Crippen molar-refractivity contribution in [2.24, 2.45) is 5.92 Å². The molecule has 0 radical (unpaired) electrons. The lowest BCUT2D eigenvalue weighted by atomic mass is 10.0. The number of carbonyl (C=O) groups is 2. The standard InChI is InChI=1S/C22H33N3O3S/c1-15(2)18-14-24(21(27)28-22(3,4)5)12-7-13-25(18)29-19-9-6-8-17-16(19)10-11-23-20(17)26/h6,8-9,15,18H,7,10-14H2,1-5H3,(H,23,26). The van der Waals surface area contributed by atoms with E-state index in [-0.39, 0.29) is 18.0 Å². The van der Waals surface area contributed by atoms with Gasteiger partial charge >= 0.3 is 6.09 Å². The highest BCUT2D eigenvalue weighted by Crippen LogP contribution is 2.34. The van der Waals surface area contributed by atoms with Crippen molar-refractivity contribution in [2.75, 3.05) is 26.2 Å². The molecule has 1 fully saturated rings. The summed E-state index contributed by atoms with van der Waals surface area (Å²) in [5.41, 5.74) is 1.43. The second-order valence-electron chi connectivity index (χ2n) is 9.11. The van der Waals surface area contributed by atoms with Crippen LogP contribution in [0, 0.1) is 5.92 Å². The van der Waals surface area contributed by atoms with Crippen LogP contribution in [-0.2, 0) is 11.2 Å². The maximum Gasteiger partial charge on any atom is 0.410 e. The molecule has 160 valence electrons. The second kappa shape index (κ2) is 8.96. The fraction of sp³-hybridized carbons (Fsp3) is 0.636. The third-order valence-corrected chi connectivity index (χ3v) is 6.53. The Morgan fingerprint density at radius 3 is 2.72 bits per heavy atom. The molecule has 0 spiro atoms. The molecule has 1 N–H and O–H groups in total. The first kappa shape index (κ1) is 22.0. The van der Waals surface area contributed by atoms with E-state index in [0.29, 0.717) is 25.6 Å². The molecule has 7 heteroatoms. The van der Waals surface area contributed by atoms with Crippen molar-refractivity contribution < 1.29 is 14.3 Å². The molecule has 2 aliphatic rings. The molecule has 0 aromatic heterocycles. The predicted octanol–water partition coefficient (Wildman–Crippen LogP) is 3.95. The highest BCUT2D eigenvalue weighted by atomic mass is 32.2. The summed E-state index contributed by atoms with van der Waals surface area (Å²) in [6.07, 6.45) is 1.52. The Kier molecular flexibility index (Phi) is 6.79. The van der Waals surface area contributed by atoms with Crippen LogP contribution in [0.1, 0.15) is 57.0 Å². The lowest BCUT2D eigenvalue weighted by Gasteiger charge is -2.34. The van der Waals surface area contributed by atoms with Gasteiger partial charge in [0, 0.05) is 42.7 Å². The van der Waals surface area contributed by atoms with Gasteiger partial charge in [-0.2, -0.15) is 0 Å². The number of ether oxygens (including phenoxy) is 1. The third-order valence-electron chi connectivity index (χ3n) is 5.26. The SMILES string of the molecule is CC(C)C1CN(C(=O)OC(C)(C)C)CCCN1Sc1cccc2c1CCNC2=O. The van der Waals surface area contributed by atoms with Crippen molar-refractivity contribution in [1.29, 1.82) is 0 Å². The minimum absolute atomic E-state index is 0.0149. The quantitative estimate of drug-likeness (QED) is 0.752. The van der Waals surface area contributed by atoms with Crippen molar-refractivity contribution in [2.45, 2.75) is 64.0 Å². The summed E-state index contributed by atoms with van der Waals surface area (Å²) >= 11 is 1.73. The smallest absolute Gasteiger partial charge is 0.410 e. The number of rotatable bonds is 3. The summed E-state index contributed by atoms with van der Waals surface area (Å²) in [6, 6.07) is 6.18. The molecule has 29 heavy (non-hydrogen) atoms. The Morgan fingerprint density at radius 1 is 1.28 bits per heavy atom. The third kappa shape index (κ3) is 5.45. The van der Waals surface area contributed by atoms with Crippen LogP contribution in [0.25, 0.3) is 0 Å². The summed E-state index contributed by atoms with van der Waals surface area (Å²) < 4.78 is 8.02. The van der Waals surface area contributed by atoms with E-state index in [4.69, 9.17) is 4.74 Å². The number of fused-ring (bicyclic) bond motifs is 1. The molecular formula is C22H33N3O3S. The van der Waals surface area contributed by atoms with Crippen molar-refractivity contribution in [3.05, 3.63) is 29.3 Å². The van der Waals surface area contributed by atoms with Gasteiger partial charge in [-0.05, 0) is 69.2 Å². The Bertz CT molecular complexity index is 760. The largest absolute Gasteiger partial charge is 0.444 e. The highest BCUT2D eigenvalue weighted by Gasteiger charge is 2.33. The minimum atomic E-state index is -0.491. The molecule has 1 aromatic rings. The van der Waals surface area contributed by atoms with Crippen molar-refractivity contribution in [1.82, 2.24) is 14.5 Å². The summed E-state index contributed by atoms with van der Waals surface area (Å²) in [6.45, 7) is 13.0. The lowest BCUT2D eigenvalue weighted by Crippen LogP contribution is -2.45. The van der Waals surface area contributed by atoms with Gasteiger partial charge in [-0.15, -0.1) is 0 Å². The van der Waals surface area contributed by atoms with Crippen LogP contribution >= 0.6 is 11.9 Å². The summed E-state index contributed by atoms with van der Waals surface area (Å²) in [5.74, 6) is 0.398. The monoisotopic (exact) mass is 419 g/mol. The zero-order valence-electron chi connectivity index (χ0n) is 18.2. The molecule has 1 atom stereocenters. The molecule has 1 saturated heterocycles. The first-order valence-electron chi connectivity index (χ1n) is 10.5. The van der Waals surface area contributed by atoms with Crippen LogP contribution in [0.2, 0.25) is 0 Å². The van der Waals surface area contributed by atoms with E-state index in [1.807, 2.05) is 37.8 Å². The van der Waals surface area contributed by atoms with E-state index < -0.39 is 5.60 Å². The summed E-state index contributed by atoms with van der Waals surface area (Å²) in [4.78, 5) is 27.9. The number of nitrogens with zero attached hydrogens (tertiary/aromatic N) is 2. The number of carbonyl (C=O) groups excluding carboxylic acids is 2. The number of hydrogen-bond donors (Lipinski definition) is 1.